The lowest BCUT2D eigenvalue weighted by Crippen LogP contribution is -2.70. The fourth-order valence-electron chi connectivity index (χ4n) is 6.29. The molecular formula is C34H26F39NSi. The highest BCUT2D eigenvalue weighted by atomic mass is 28.3. The Morgan fingerprint density at radius 3 is 0.667 bits per heavy atom. The fraction of sp³-hybridized carbons (Fsp3) is 0.824. The van der Waals surface area contributed by atoms with Crippen LogP contribution in [0.15, 0.2) is 24.3 Å². The minimum absolute atomic E-state index is 0.101. The van der Waals surface area contributed by atoms with Gasteiger partial charge in [-0.1, -0.05) is 29.5 Å². The standard InChI is InChI=1S/C34H26F39NSi/c1-14(74(2)3)15-4-6-16(7-5-15)75(11-8-17(35,36)20(41,42)23(47,48)26(53,54)29(59,60)32(65,66)67,12-9-18(37,38)21(43,44)24(49,50)27(55,56)30(61,62)33(68,69)70)13-10-19(39,40)22(45,46)25(51,52)28(57,58)31(63,64)34(71,72)73/h4-7,14H,8-13H2,1-3H3/t14-/m1/s1. The molecule has 0 aliphatic heterocycles. The van der Waals surface area contributed by atoms with Gasteiger partial charge in [0, 0.05) is 25.3 Å². The lowest BCUT2D eigenvalue weighted by atomic mass is 9.93. The van der Waals surface area contributed by atoms with E-state index in [4.69, 9.17) is 0 Å². The zero-order chi connectivity index (χ0) is 60.9. The van der Waals surface area contributed by atoms with Crippen LogP contribution in [0.1, 0.15) is 37.8 Å². The van der Waals surface area contributed by atoms with Gasteiger partial charge in [-0.2, -0.15) is 171 Å². The molecule has 0 bridgehead atoms. The van der Waals surface area contributed by atoms with Gasteiger partial charge in [0.15, 0.2) is 0 Å². The Bertz CT molecular complexity index is 1900. The first-order valence-electron chi connectivity index (χ1n) is 18.8. The van der Waals surface area contributed by atoms with Crippen molar-refractivity contribution in [2.45, 2.75) is 158 Å². The highest BCUT2D eigenvalue weighted by molar-refractivity contribution is 6.92. The Kier molecular flexibility index (Phi) is 18.1. The van der Waals surface area contributed by atoms with Gasteiger partial charge in [0.05, 0.1) is 8.07 Å². The topological polar surface area (TPSA) is 3.24 Å². The van der Waals surface area contributed by atoms with Crippen LogP contribution in [0.3, 0.4) is 0 Å². The normalized spacial score (nSPS) is 16.8. The molecular weight excluding hydrogens is 1190 g/mol. The molecule has 0 aliphatic carbocycles. The van der Waals surface area contributed by atoms with E-state index in [9.17, 15) is 145 Å². The summed E-state index contributed by atoms with van der Waals surface area (Å²) in [6.45, 7) is 1.06. The van der Waals surface area contributed by atoms with Crippen LogP contribution < -0.4 is 5.19 Å². The van der Waals surface area contributed by atoms with E-state index in [1.807, 2.05) is 0 Å². The summed E-state index contributed by atoms with van der Waals surface area (Å²) >= 11 is 0. The molecule has 0 radical (unpaired) electrons. The van der Waals surface area contributed by atoms with E-state index in [0.717, 1.165) is 25.9 Å². The van der Waals surface area contributed by atoms with Crippen molar-refractivity contribution < 1.29 is 171 Å². The third kappa shape index (κ3) is 10.7. The molecule has 0 spiro atoms. The zero-order valence-electron chi connectivity index (χ0n) is 35.8. The van der Waals surface area contributed by atoms with Crippen LogP contribution in [0.2, 0.25) is 18.1 Å². The summed E-state index contributed by atoms with van der Waals surface area (Å²) in [4.78, 5) is 1.06. The molecule has 0 N–H and O–H groups in total. The monoisotopic (exact) mass is 1220 g/mol. The largest absolute Gasteiger partial charge is 0.460 e. The van der Waals surface area contributed by atoms with E-state index in [0.29, 0.717) is 12.1 Å². The SMILES string of the molecule is C[C@H](c1ccc([Si](CCC(F)(F)C(F)(F)C(F)(F)C(F)(F)C(F)(F)C(F)(F)F)(CCC(F)(F)C(F)(F)C(F)(F)C(F)(F)C(F)(F)C(F)(F)F)CCC(F)(F)C(F)(F)C(F)(F)C(F)(F)C(F)(F)C(F)(F)F)cc1)N(C)C. The van der Waals surface area contributed by atoms with Crippen LogP contribution in [0.25, 0.3) is 0 Å². The third-order valence-electron chi connectivity index (χ3n) is 11.5. The molecule has 0 saturated heterocycles. The number of halogens is 39. The minimum atomic E-state index is -8.88. The van der Waals surface area contributed by atoms with Gasteiger partial charge in [-0.25, -0.2) is 0 Å². The number of hydrogen-bond acceptors (Lipinski definition) is 1. The molecule has 1 aromatic rings. The summed E-state index contributed by atoms with van der Waals surface area (Å²) in [5, 5.41) is -1.85. The van der Waals surface area contributed by atoms with Gasteiger partial charge in [-0.3, -0.25) is 0 Å². The summed E-state index contributed by atoms with van der Waals surface area (Å²) in [5.41, 5.74) is -0.412. The smallest absolute Gasteiger partial charge is 0.303 e. The van der Waals surface area contributed by atoms with E-state index in [1.54, 1.807) is 0 Å². The van der Waals surface area contributed by atoms with Crippen molar-refractivity contribution in [3.63, 3.8) is 0 Å². The number of rotatable bonds is 24. The molecule has 1 atom stereocenters. The number of hydrogen-bond donors (Lipinski definition) is 0. The van der Waals surface area contributed by atoms with Crippen molar-refractivity contribution in [2.24, 2.45) is 0 Å². The number of benzene rings is 1. The molecule has 0 saturated carbocycles. The molecule has 41 heteroatoms. The number of alkyl halides is 39. The molecule has 1 nitrogen and oxygen atoms in total. The van der Waals surface area contributed by atoms with Crippen molar-refractivity contribution in [1.29, 1.82) is 0 Å². The van der Waals surface area contributed by atoms with E-state index in [-0.39, 0.29) is 12.1 Å². The maximum atomic E-state index is 15.2. The van der Waals surface area contributed by atoms with Gasteiger partial charge in [-0.15, -0.1) is 0 Å². The summed E-state index contributed by atoms with van der Waals surface area (Å²) < 4.78 is 545. The van der Waals surface area contributed by atoms with Crippen molar-refractivity contribution in [3.05, 3.63) is 29.8 Å². The van der Waals surface area contributed by atoms with Gasteiger partial charge in [0.25, 0.3) is 0 Å². The van der Waals surface area contributed by atoms with E-state index >= 15 is 26.3 Å². The predicted molar refractivity (Wildman–Crippen MR) is 175 cm³/mol. The first kappa shape index (κ1) is 69.7. The fourth-order valence-corrected chi connectivity index (χ4v) is 11.2. The lowest BCUT2D eigenvalue weighted by molar-refractivity contribution is -0.440. The average Bonchev–Trinajstić information content (AvgIpc) is 3.21. The Balaban J connectivity index is 4.61. The zero-order valence-corrected chi connectivity index (χ0v) is 36.8. The maximum absolute atomic E-state index is 15.2. The Morgan fingerprint density at radius 2 is 0.493 bits per heavy atom. The van der Waals surface area contributed by atoms with E-state index in [2.05, 4.69) is 0 Å². The molecule has 0 amide bonds. The molecule has 0 aliphatic rings. The third-order valence-corrected chi connectivity index (χ3v) is 16.7. The molecule has 0 heterocycles. The average molecular weight is 1220 g/mol. The molecule has 0 fully saturated rings. The van der Waals surface area contributed by atoms with E-state index < -0.39 is 170 Å². The Hall–Kier alpha value is -3.33. The van der Waals surface area contributed by atoms with Crippen molar-refractivity contribution in [1.82, 2.24) is 4.90 Å². The van der Waals surface area contributed by atoms with Crippen LogP contribution in [-0.4, -0.2) is 134 Å². The molecule has 1 rings (SSSR count). The highest BCUT2D eigenvalue weighted by Gasteiger charge is 2.93. The Labute approximate surface area is 391 Å². The second kappa shape index (κ2) is 19.5. The first-order valence-corrected chi connectivity index (χ1v) is 21.5. The first-order chi connectivity index (χ1) is 32.2. The summed E-state index contributed by atoms with van der Waals surface area (Å²) in [7, 11) is -4.87. The summed E-state index contributed by atoms with van der Waals surface area (Å²) in [6, 6.07) is -10.6. The summed E-state index contributed by atoms with van der Waals surface area (Å²) in [5.74, 6) is -128. The van der Waals surface area contributed by atoms with E-state index in [1.165, 1.54) is 0 Å². The van der Waals surface area contributed by atoms with Crippen LogP contribution >= 0.6 is 0 Å². The second-order valence-electron chi connectivity index (χ2n) is 16.5. The summed E-state index contributed by atoms with van der Waals surface area (Å²) in [6.07, 6.45) is -36.6. The van der Waals surface area contributed by atoms with Crippen LogP contribution in [0.4, 0.5) is 171 Å². The molecule has 0 unspecified atom stereocenters. The molecule has 0 aromatic heterocycles. The maximum Gasteiger partial charge on any atom is 0.460 e. The second-order valence-corrected chi connectivity index (χ2v) is 21.2. The highest BCUT2D eigenvalue weighted by Crippen LogP contribution is 2.65. The van der Waals surface area contributed by atoms with Gasteiger partial charge >= 0.3 is 107 Å². The van der Waals surface area contributed by atoms with Crippen molar-refractivity contribution in [2.75, 3.05) is 14.1 Å². The minimum Gasteiger partial charge on any atom is -0.303 e. The molecule has 75 heavy (non-hydrogen) atoms. The van der Waals surface area contributed by atoms with Crippen LogP contribution in [0, 0.1) is 0 Å². The lowest BCUT2D eigenvalue weighted by Gasteiger charge is -2.43. The van der Waals surface area contributed by atoms with Gasteiger partial charge < -0.3 is 4.90 Å². The Morgan fingerprint density at radius 1 is 0.307 bits per heavy atom. The predicted octanol–water partition coefficient (Wildman–Crippen LogP) is 16.4. The molecule has 1 aromatic carbocycles. The van der Waals surface area contributed by atoms with Crippen LogP contribution in [0.5, 0.6) is 0 Å². The number of nitrogens with zero attached hydrogens (tertiary/aromatic N) is 1. The van der Waals surface area contributed by atoms with Gasteiger partial charge in [0.1, 0.15) is 0 Å². The van der Waals surface area contributed by atoms with Crippen molar-refractivity contribution in [3.8, 4) is 0 Å². The quantitative estimate of drug-likeness (QED) is 0.0737. The van der Waals surface area contributed by atoms with Gasteiger partial charge in [-0.05, 0) is 44.7 Å². The van der Waals surface area contributed by atoms with Crippen molar-refractivity contribution >= 4 is 13.3 Å². The van der Waals surface area contributed by atoms with Crippen LogP contribution in [-0.2, 0) is 0 Å². The van der Waals surface area contributed by atoms with Gasteiger partial charge in [0.2, 0.25) is 0 Å². The molecule has 444 valence electrons.